The number of fused-ring (bicyclic) bond motifs is 1. The molecule has 4 rings (SSSR count). The first kappa shape index (κ1) is 16.2. The summed E-state index contributed by atoms with van der Waals surface area (Å²) >= 11 is 0. The minimum atomic E-state index is -0.746. The fourth-order valence-corrected chi connectivity index (χ4v) is 2.74. The lowest BCUT2D eigenvalue weighted by molar-refractivity contribution is 0.0997. The van der Waals surface area contributed by atoms with Crippen LogP contribution in [0, 0.1) is 11.3 Å². The molecule has 0 fully saturated rings. The molecule has 0 spiro atoms. The van der Waals surface area contributed by atoms with Crippen LogP contribution in [0.2, 0.25) is 0 Å². The number of para-hydroxylation sites is 1. The number of benzene rings is 2. The topological polar surface area (TPSA) is 131 Å². The van der Waals surface area contributed by atoms with Crippen LogP contribution in [0.4, 0.5) is 0 Å². The molecule has 4 aromatic rings. The van der Waals surface area contributed by atoms with Crippen LogP contribution in [-0.4, -0.2) is 30.5 Å². The molecule has 2 heterocycles. The number of nitrogens with two attached hydrogens (primary N) is 1. The first-order valence-electron chi connectivity index (χ1n) is 7.92. The van der Waals surface area contributed by atoms with Crippen molar-refractivity contribution in [1.82, 2.24) is 19.5 Å². The number of imidazole rings is 1. The second kappa shape index (κ2) is 6.24. The highest BCUT2D eigenvalue weighted by atomic mass is 16.3. The van der Waals surface area contributed by atoms with E-state index in [0.717, 1.165) is 0 Å². The first-order chi connectivity index (χ1) is 13.1. The number of aromatic nitrogens is 4. The summed E-state index contributed by atoms with van der Waals surface area (Å²) in [7, 11) is 0. The maximum absolute atomic E-state index is 11.9. The number of primary amides is 1. The molecule has 3 N–H and O–H groups in total. The van der Waals surface area contributed by atoms with E-state index in [0.29, 0.717) is 22.5 Å². The molecular weight excluding hydrogens is 344 g/mol. The van der Waals surface area contributed by atoms with E-state index in [9.17, 15) is 9.90 Å². The summed E-state index contributed by atoms with van der Waals surface area (Å²) < 4.78 is 1.66. The second-order valence-corrected chi connectivity index (χ2v) is 5.72. The Morgan fingerprint density at radius 2 is 1.85 bits per heavy atom. The highest BCUT2D eigenvalue weighted by Gasteiger charge is 2.19. The zero-order valence-electron chi connectivity index (χ0n) is 13.9. The number of carbonyl (C=O) groups is 1. The Morgan fingerprint density at radius 1 is 1.11 bits per heavy atom. The van der Waals surface area contributed by atoms with Crippen LogP contribution in [0.15, 0.2) is 54.9 Å². The summed E-state index contributed by atoms with van der Waals surface area (Å²) in [4.78, 5) is 24.8. The summed E-state index contributed by atoms with van der Waals surface area (Å²) in [5.74, 6) is -0.606. The summed E-state index contributed by atoms with van der Waals surface area (Å²) in [5, 5.41) is 19.1. The Kier molecular flexibility index (Phi) is 3.75. The Morgan fingerprint density at radius 3 is 2.52 bits per heavy atom. The van der Waals surface area contributed by atoms with E-state index in [1.165, 1.54) is 12.4 Å². The summed E-state index contributed by atoms with van der Waals surface area (Å²) in [6.07, 6.45) is 1.50. The van der Waals surface area contributed by atoms with Crippen molar-refractivity contribution in [2.75, 3.05) is 0 Å². The third kappa shape index (κ3) is 2.73. The van der Waals surface area contributed by atoms with Crippen molar-refractivity contribution in [3.05, 3.63) is 66.1 Å². The average Bonchev–Trinajstić information content (AvgIpc) is 3.11. The number of phenols is 1. The lowest BCUT2D eigenvalue weighted by Gasteiger charge is -2.08. The van der Waals surface area contributed by atoms with E-state index in [2.05, 4.69) is 21.0 Å². The molecule has 0 bridgehead atoms. The van der Waals surface area contributed by atoms with Gasteiger partial charge >= 0.3 is 0 Å². The van der Waals surface area contributed by atoms with Gasteiger partial charge in [-0.1, -0.05) is 12.1 Å². The highest BCUT2D eigenvalue weighted by Crippen LogP contribution is 2.28. The van der Waals surface area contributed by atoms with Crippen molar-refractivity contribution in [1.29, 1.82) is 5.26 Å². The van der Waals surface area contributed by atoms with E-state index < -0.39 is 5.91 Å². The van der Waals surface area contributed by atoms with Gasteiger partial charge in [0.25, 0.3) is 5.91 Å². The molecule has 2 aromatic heterocycles. The van der Waals surface area contributed by atoms with E-state index in [-0.39, 0.29) is 22.8 Å². The Hall–Kier alpha value is -4.25. The lowest BCUT2D eigenvalue weighted by Crippen LogP contribution is -2.15. The SMILES string of the molecule is N#Cc1ccc(-n2cnc3c(C(N)=O)nc(-c4ccccc4O)nc32)cc1. The zero-order valence-corrected chi connectivity index (χ0v) is 13.9. The van der Waals surface area contributed by atoms with E-state index >= 15 is 0 Å². The van der Waals surface area contributed by atoms with Gasteiger partial charge in [-0.3, -0.25) is 9.36 Å². The van der Waals surface area contributed by atoms with Crippen LogP contribution in [0.1, 0.15) is 16.1 Å². The monoisotopic (exact) mass is 356 g/mol. The Bertz CT molecular complexity index is 1220. The van der Waals surface area contributed by atoms with Gasteiger partial charge in [-0.25, -0.2) is 15.0 Å². The van der Waals surface area contributed by atoms with Gasteiger partial charge in [-0.05, 0) is 36.4 Å². The van der Waals surface area contributed by atoms with E-state index in [1.54, 1.807) is 47.0 Å². The molecule has 2 aromatic carbocycles. The zero-order chi connectivity index (χ0) is 19.0. The molecule has 8 nitrogen and oxygen atoms in total. The van der Waals surface area contributed by atoms with Crippen molar-refractivity contribution < 1.29 is 9.90 Å². The van der Waals surface area contributed by atoms with Crippen LogP contribution in [-0.2, 0) is 0 Å². The maximum atomic E-state index is 11.9. The molecule has 0 saturated carbocycles. The molecular formula is C19H12N6O2. The second-order valence-electron chi connectivity index (χ2n) is 5.72. The van der Waals surface area contributed by atoms with Gasteiger partial charge in [0.2, 0.25) is 0 Å². The average molecular weight is 356 g/mol. The van der Waals surface area contributed by atoms with Crippen molar-refractivity contribution in [3.8, 4) is 28.9 Å². The fraction of sp³-hybridized carbons (Fsp3) is 0. The maximum Gasteiger partial charge on any atom is 0.269 e. The van der Waals surface area contributed by atoms with Crippen LogP contribution in [0.25, 0.3) is 28.2 Å². The number of nitrogens with zero attached hydrogens (tertiary/aromatic N) is 5. The minimum Gasteiger partial charge on any atom is -0.507 e. The third-order valence-corrected chi connectivity index (χ3v) is 4.05. The van der Waals surface area contributed by atoms with Gasteiger partial charge in [-0.15, -0.1) is 0 Å². The van der Waals surface area contributed by atoms with Crippen molar-refractivity contribution in [2.45, 2.75) is 0 Å². The number of aromatic hydroxyl groups is 1. The Balaban J connectivity index is 1.99. The molecule has 0 radical (unpaired) electrons. The van der Waals surface area contributed by atoms with Gasteiger partial charge < -0.3 is 10.8 Å². The predicted octanol–water partition coefficient (Wildman–Crippen LogP) is 2.16. The number of hydrogen-bond donors (Lipinski definition) is 2. The largest absolute Gasteiger partial charge is 0.507 e. The molecule has 0 aliphatic carbocycles. The normalized spacial score (nSPS) is 10.6. The fourth-order valence-electron chi connectivity index (χ4n) is 2.74. The number of nitriles is 1. The number of rotatable bonds is 3. The van der Waals surface area contributed by atoms with Crippen LogP contribution >= 0.6 is 0 Å². The standard InChI is InChI=1S/C19H12N6O2/c20-9-11-5-7-12(8-6-11)25-10-22-16-15(17(21)27)23-18(24-19(16)25)13-3-1-2-4-14(13)26/h1-8,10,26H,(H2,21,27). The number of hydrogen-bond acceptors (Lipinski definition) is 6. The van der Waals surface area contributed by atoms with Gasteiger partial charge in [-0.2, -0.15) is 5.26 Å². The van der Waals surface area contributed by atoms with E-state index in [4.69, 9.17) is 11.0 Å². The highest BCUT2D eigenvalue weighted by molar-refractivity contribution is 6.02. The Labute approximate surface area is 153 Å². The molecule has 0 aliphatic rings. The number of phenolic OH excluding ortho intramolecular Hbond substituents is 1. The molecule has 0 aliphatic heterocycles. The molecule has 0 saturated heterocycles. The molecule has 27 heavy (non-hydrogen) atoms. The number of amides is 1. The van der Waals surface area contributed by atoms with Crippen LogP contribution < -0.4 is 5.73 Å². The lowest BCUT2D eigenvalue weighted by atomic mass is 10.2. The van der Waals surface area contributed by atoms with Gasteiger partial charge in [0, 0.05) is 5.69 Å². The molecule has 130 valence electrons. The van der Waals surface area contributed by atoms with Crippen molar-refractivity contribution >= 4 is 17.1 Å². The third-order valence-electron chi connectivity index (χ3n) is 4.05. The van der Waals surface area contributed by atoms with Gasteiger partial charge in [0.15, 0.2) is 17.2 Å². The first-order valence-corrected chi connectivity index (χ1v) is 7.92. The van der Waals surface area contributed by atoms with Crippen LogP contribution in [0.5, 0.6) is 5.75 Å². The molecule has 8 heteroatoms. The summed E-state index contributed by atoms with van der Waals surface area (Å²) in [6, 6.07) is 15.4. The summed E-state index contributed by atoms with van der Waals surface area (Å²) in [6.45, 7) is 0. The smallest absolute Gasteiger partial charge is 0.269 e. The predicted molar refractivity (Wildman–Crippen MR) is 97.0 cm³/mol. The van der Waals surface area contributed by atoms with Crippen molar-refractivity contribution in [3.63, 3.8) is 0 Å². The van der Waals surface area contributed by atoms with Crippen LogP contribution in [0.3, 0.4) is 0 Å². The summed E-state index contributed by atoms with van der Waals surface area (Å²) in [5.41, 5.74) is 7.65. The van der Waals surface area contributed by atoms with Gasteiger partial charge in [0.1, 0.15) is 17.6 Å². The molecule has 0 atom stereocenters. The number of carbonyl (C=O) groups excluding carboxylic acids is 1. The van der Waals surface area contributed by atoms with Crippen molar-refractivity contribution in [2.24, 2.45) is 5.73 Å². The van der Waals surface area contributed by atoms with E-state index in [1.807, 2.05) is 0 Å². The van der Waals surface area contributed by atoms with Gasteiger partial charge in [0.05, 0.1) is 17.2 Å². The minimum absolute atomic E-state index is 0.0169. The molecule has 1 amide bonds. The quantitative estimate of drug-likeness (QED) is 0.578. The molecule has 0 unspecified atom stereocenters.